The number of aromatic nitrogens is 3. The molecule has 1 aromatic carbocycles. The van der Waals surface area contributed by atoms with Crippen molar-refractivity contribution in [2.75, 3.05) is 0 Å². The zero-order valence-corrected chi connectivity index (χ0v) is 14.1. The number of oxazole rings is 2. The standard InChI is InChI=1S/C18H15N3O2S/c1-11-5-7-13(8-6-11)17-20-14(12(2)22-17)10-24-18-21-16-15(23-18)4-3-9-19-16/h3-9H,10H2,1-2H3. The minimum atomic E-state index is 0.586. The van der Waals surface area contributed by atoms with Crippen LogP contribution in [0.25, 0.3) is 22.7 Å². The molecule has 4 rings (SSSR count). The van der Waals surface area contributed by atoms with E-state index in [2.05, 4.69) is 34.0 Å². The normalized spacial score (nSPS) is 11.2. The Hall–Kier alpha value is -2.60. The molecule has 0 aliphatic rings. The van der Waals surface area contributed by atoms with Crippen molar-refractivity contribution in [3.63, 3.8) is 0 Å². The lowest BCUT2D eigenvalue weighted by Gasteiger charge is -1.95. The topological polar surface area (TPSA) is 65.0 Å². The van der Waals surface area contributed by atoms with Gasteiger partial charge in [-0.2, -0.15) is 4.98 Å². The van der Waals surface area contributed by atoms with Crippen molar-refractivity contribution in [1.82, 2.24) is 15.0 Å². The van der Waals surface area contributed by atoms with Gasteiger partial charge in [-0.1, -0.05) is 29.5 Å². The lowest BCUT2D eigenvalue weighted by molar-refractivity contribution is 0.489. The fourth-order valence-electron chi connectivity index (χ4n) is 2.32. The van der Waals surface area contributed by atoms with Crippen LogP contribution >= 0.6 is 11.8 Å². The number of hydrogen-bond acceptors (Lipinski definition) is 6. The molecule has 0 unspecified atom stereocenters. The summed E-state index contributed by atoms with van der Waals surface area (Å²) in [6.07, 6.45) is 1.70. The lowest BCUT2D eigenvalue weighted by atomic mass is 10.1. The number of pyridine rings is 1. The van der Waals surface area contributed by atoms with Crippen molar-refractivity contribution in [2.24, 2.45) is 0 Å². The molecule has 0 saturated carbocycles. The van der Waals surface area contributed by atoms with Crippen molar-refractivity contribution in [3.8, 4) is 11.5 Å². The Bertz CT molecular complexity index is 956. The van der Waals surface area contributed by atoms with Crippen LogP contribution < -0.4 is 0 Å². The summed E-state index contributed by atoms with van der Waals surface area (Å²) < 4.78 is 11.5. The van der Waals surface area contributed by atoms with E-state index in [4.69, 9.17) is 8.83 Å². The van der Waals surface area contributed by atoms with Crippen LogP contribution in [-0.4, -0.2) is 15.0 Å². The molecule has 0 bridgehead atoms. The Morgan fingerprint density at radius 3 is 2.62 bits per heavy atom. The quantitative estimate of drug-likeness (QED) is 0.499. The van der Waals surface area contributed by atoms with E-state index in [1.165, 1.54) is 17.3 Å². The monoisotopic (exact) mass is 337 g/mol. The Labute approximate surface area is 143 Å². The van der Waals surface area contributed by atoms with Crippen LogP contribution in [0.4, 0.5) is 0 Å². The molecule has 4 aromatic rings. The van der Waals surface area contributed by atoms with Crippen LogP contribution in [0.2, 0.25) is 0 Å². The molecule has 0 radical (unpaired) electrons. The molecule has 3 aromatic heterocycles. The number of hydrogen-bond donors (Lipinski definition) is 0. The van der Waals surface area contributed by atoms with Crippen molar-refractivity contribution >= 4 is 23.0 Å². The summed E-state index contributed by atoms with van der Waals surface area (Å²) in [7, 11) is 0. The van der Waals surface area contributed by atoms with Gasteiger partial charge in [-0.05, 0) is 38.1 Å². The SMILES string of the molecule is Cc1ccc(-c2nc(CSc3nc4ncccc4o3)c(C)o2)cc1. The molecule has 6 heteroatoms. The molecular formula is C18H15N3O2S. The number of fused-ring (bicyclic) bond motifs is 1. The smallest absolute Gasteiger partial charge is 0.258 e. The molecule has 120 valence electrons. The van der Waals surface area contributed by atoms with E-state index in [0.29, 0.717) is 28.1 Å². The molecule has 0 N–H and O–H groups in total. The van der Waals surface area contributed by atoms with Gasteiger partial charge in [0.25, 0.3) is 5.22 Å². The minimum Gasteiger partial charge on any atom is -0.441 e. The molecule has 0 spiro atoms. The number of thioether (sulfide) groups is 1. The summed E-state index contributed by atoms with van der Waals surface area (Å²) in [6, 6.07) is 11.8. The van der Waals surface area contributed by atoms with Gasteiger partial charge in [0.05, 0.1) is 5.69 Å². The van der Waals surface area contributed by atoms with Crippen molar-refractivity contribution in [2.45, 2.75) is 24.8 Å². The maximum absolute atomic E-state index is 5.80. The van der Waals surface area contributed by atoms with E-state index in [-0.39, 0.29) is 0 Å². The Kier molecular flexibility index (Phi) is 3.82. The first-order chi connectivity index (χ1) is 11.7. The maximum Gasteiger partial charge on any atom is 0.258 e. The van der Waals surface area contributed by atoms with E-state index in [9.17, 15) is 0 Å². The van der Waals surface area contributed by atoms with Gasteiger partial charge in [-0.15, -0.1) is 0 Å². The van der Waals surface area contributed by atoms with Gasteiger partial charge in [-0.25, -0.2) is 9.97 Å². The van der Waals surface area contributed by atoms with E-state index in [0.717, 1.165) is 17.0 Å². The molecule has 0 fully saturated rings. The average molecular weight is 337 g/mol. The molecular weight excluding hydrogens is 322 g/mol. The third kappa shape index (κ3) is 2.92. The van der Waals surface area contributed by atoms with Crippen molar-refractivity contribution < 1.29 is 8.83 Å². The van der Waals surface area contributed by atoms with Gasteiger partial charge in [0.15, 0.2) is 11.2 Å². The van der Waals surface area contributed by atoms with Crippen LogP contribution in [-0.2, 0) is 5.75 Å². The maximum atomic E-state index is 5.80. The number of nitrogens with zero attached hydrogens (tertiary/aromatic N) is 3. The molecule has 0 amide bonds. The predicted octanol–water partition coefficient (Wildman–Crippen LogP) is 4.79. The van der Waals surface area contributed by atoms with Gasteiger partial charge < -0.3 is 8.83 Å². The van der Waals surface area contributed by atoms with Gasteiger partial charge >= 0.3 is 0 Å². The highest BCUT2D eigenvalue weighted by atomic mass is 32.2. The van der Waals surface area contributed by atoms with E-state index < -0.39 is 0 Å². The third-order valence-electron chi connectivity index (χ3n) is 3.67. The van der Waals surface area contributed by atoms with Crippen LogP contribution in [0, 0.1) is 13.8 Å². The first-order valence-electron chi connectivity index (χ1n) is 7.57. The van der Waals surface area contributed by atoms with Crippen molar-refractivity contribution in [1.29, 1.82) is 0 Å². The second-order valence-electron chi connectivity index (χ2n) is 5.48. The fraction of sp³-hybridized carbons (Fsp3) is 0.167. The fourth-order valence-corrected chi connectivity index (χ4v) is 3.15. The van der Waals surface area contributed by atoms with Crippen LogP contribution in [0.1, 0.15) is 17.0 Å². The summed E-state index contributed by atoms with van der Waals surface area (Å²) in [4.78, 5) is 13.1. The largest absolute Gasteiger partial charge is 0.441 e. The Balaban J connectivity index is 1.53. The zero-order chi connectivity index (χ0) is 16.5. The highest BCUT2D eigenvalue weighted by Crippen LogP contribution is 2.28. The highest BCUT2D eigenvalue weighted by molar-refractivity contribution is 7.98. The second-order valence-corrected chi connectivity index (χ2v) is 6.41. The van der Waals surface area contributed by atoms with Crippen LogP contribution in [0.15, 0.2) is 56.7 Å². The number of benzene rings is 1. The van der Waals surface area contributed by atoms with Gasteiger partial charge in [-0.3, -0.25) is 0 Å². The Morgan fingerprint density at radius 1 is 1.00 bits per heavy atom. The number of rotatable bonds is 4. The van der Waals surface area contributed by atoms with Gasteiger partial charge in [0, 0.05) is 17.5 Å². The molecule has 0 aliphatic heterocycles. The number of aryl methyl sites for hydroxylation is 2. The zero-order valence-electron chi connectivity index (χ0n) is 13.3. The minimum absolute atomic E-state index is 0.586. The summed E-state index contributed by atoms with van der Waals surface area (Å²) in [6.45, 7) is 3.98. The molecule has 3 heterocycles. The van der Waals surface area contributed by atoms with E-state index in [1.807, 2.05) is 31.2 Å². The Morgan fingerprint density at radius 2 is 1.83 bits per heavy atom. The molecule has 0 saturated heterocycles. The van der Waals surface area contributed by atoms with Crippen LogP contribution in [0.5, 0.6) is 0 Å². The first kappa shape index (κ1) is 15.0. The third-order valence-corrected chi connectivity index (χ3v) is 4.51. The van der Waals surface area contributed by atoms with Gasteiger partial charge in [0.2, 0.25) is 5.89 Å². The van der Waals surface area contributed by atoms with E-state index in [1.54, 1.807) is 6.20 Å². The van der Waals surface area contributed by atoms with Gasteiger partial charge in [0.1, 0.15) is 5.76 Å². The summed E-state index contributed by atoms with van der Waals surface area (Å²) in [5.74, 6) is 2.09. The first-order valence-corrected chi connectivity index (χ1v) is 8.55. The molecule has 0 aliphatic carbocycles. The summed E-state index contributed by atoms with van der Waals surface area (Å²) in [5, 5.41) is 0.586. The molecule has 5 nitrogen and oxygen atoms in total. The summed E-state index contributed by atoms with van der Waals surface area (Å²) in [5.41, 5.74) is 4.40. The predicted molar refractivity (Wildman–Crippen MR) is 92.8 cm³/mol. The average Bonchev–Trinajstić information content (AvgIpc) is 3.16. The van der Waals surface area contributed by atoms with Crippen molar-refractivity contribution in [3.05, 3.63) is 59.6 Å². The second kappa shape index (κ2) is 6.13. The lowest BCUT2D eigenvalue weighted by Crippen LogP contribution is -1.85. The van der Waals surface area contributed by atoms with E-state index >= 15 is 0 Å². The highest BCUT2D eigenvalue weighted by Gasteiger charge is 2.14. The summed E-state index contributed by atoms with van der Waals surface area (Å²) >= 11 is 1.48. The molecule has 24 heavy (non-hydrogen) atoms. The van der Waals surface area contributed by atoms with Crippen LogP contribution in [0.3, 0.4) is 0 Å². The molecule has 0 atom stereocenters.